The third kappa shape index (κ3) is 12.5. The first-order valence-electron chi connectivity index (χ1n) is 12.7. The second-order valence-electron chi connectivity index (χ2n) is 13.5. The van der Waals surface area contributed by atoms with Crippen LogP contribution in [0, 0.1) is 21.1 Å². The zero-order valence-electron chi connectivity index (χ0n) is 25.0. The normalized spacial score (nSPS) is 16.8. The van der Waals surface area contributed by atoms with E-state index < -0.39 is 10.2 Å². The smallest absolute Gasteiger partial charge is 0.353 e. The van der Waals surface area contributed by atoms with Gasteiger partial charge >= 0.3 is 11.5 Å². The van der Waals surface area contributed by atoms with Crippen LogP contribution in [-0.4, -0.2) is 0 Å². The van der Waals surface area contributed by atoms with E-state index >= 15 is 0 Å². The Hall–Kier alpha value is -2.22. The Balaban J connectivity index is 0.00000132. The van der Waals surface area contributed by atoms with Gasteiger partial charge < -0.3 is 4.74 Å². The summed E-state index contributed by atoms with van der Waals surface area (Å²) in [4.78, 5) is 0. The number of hydrogen-bond acceptors (Lipinski definition) is 5. The largest absolute Gasteiger partial charge is 0.461 e. The molecule has 0 amide bonds. The van der Waals surface area contributed by atoms with Gasteiger partial charge in [-0.1, -0.05) is 80.5 Å². The van der Waals surface area contributed by atoms with E-state index in [9.17, 15) is 0 Å². The molecule has 0 saturated heterocycles. The fourth-order valence-electron chi connectivity index (χ4n) is 3.18. The lowest BCUT2D eigenvalue weighted by molar-refractivity contribution is -2.00. The van der Waals surface area contributed by atoms with Gasteiger partial charge in [0.15, 0.2) is 0 Å². The lowest BCUT2D eigenvalue weighted by Crippen LogP contribution is -2.68. The minimum Gasteiger partial charge on any atom is -0.461 e. The van der Waals surface area contributed by atoms with Crippen molar-refractivity contribution in [3.05, 3.63) is 82.8 Å². The SMILES string of the molecule is CC(C)(C)C1=C\C(=C/C=C/C=C/c2cc(C(C)(C)C)cc(C(C)(C)C)[o+]2)OC(C(C)(C)C)=C1.[O-][Cl+3]([O-])([O-])[O-]. The van der Waals surface area contributed by atoms with Crippen molar-refractivity contribution in [2.45, 2.75) is 93.9 Å². The van der Waals surface area contributed by atoms with Gasteiger partial charge in [-0.2, -0.15) is 0 Å². The van der Waals surface area contributed by atoms with Crippen LogP contribution in [0.1, 0.15) is 100 Å². The summed E-state index contributed by atoms with van der Waals surface area (Å²) in [6.07, 6.45) is 14.4. The van der Waals surface area contributed by atoms with Crippen molar-refractivity contribution in [2.24, 2.45) is 10.8 Å². The zero-order valence-corrected chi connectivity index (χ0v) is 25.8. The lowest BCUT2D eigenvalue weighted by Gasteiger charge is -2.31. The molecule has 1 aromatic heterocycles. The zero-order chi connectivity index (χ0) is 29.7. The maximum atomic E-state index is 8.49. The monoisotopic (exact) mass is 548 g/mol. The molecule has 0 N–H and O–H groups in total. The molecule has 0 saturated carbocycles. The van der Waals surface area contributed by atoms with Crippen LogP contribution < -0.4 is 18.6 Å². The van der Waals surface area contributed by atoms with Crippen LogP contribution >= 0.6 is 0 Å². The summed E-state index contributed by atoms with van der Waals surface area (Å²) in [5.41, 5.74) is 2.60. The molecule has 0 unspecified atom stereocenters. The highest BCUT2D eigenvalue weighted by Crippen LogP contribution is 2.38. The third-order valence-corrected chi connectivity index (χ3v) is 5.58. The topological polar surface area (TPSA) is 113 Å². The van der Waals surface area contributed by atoms with Crippen molar-refractivity contribution < 1.29 is 38.0 Å². The predicted molar refractivity (Wildman–Crippen MR) is 143 cm³/mol. The van der Waals surface area contributed by atoms with E-state index in [1.807, 2.05) is 30.4 Å². The van der Waals surface area contributed by atoms with Crippen molar-refractivity contribution in [1.82, 2.24) is 0 Å². The fourth-order valence-corrected chi connectivity index (χ4v) is 3.18. The van der Waals surface area contributed by atoms with E-state index in [4.69, 9.17) is 27.8 Å². The van der Waals surface area contributed by atoms with Gasteiger partial charge in [-0.25, -0.2) is 23.1 Å². The van der Waals surface area contributed by atoms with Crippen molar-refractivity contribution in [3.63, 3.8) is 0 Å². The fraction of sp³-hybridized carbons (Fsp3) is 0.516. The van der Waals surface area contributed by atoms with Crippen LogP contribution in [0.15, 0.2) is 70.1 Å². The van der Waals surface area contributed by atoms with E-state index in [1.54, 1.807) is 0 Å². The molecule has 2 rings (SSSR count). The molecule has 0 bridgehead atoms. The van der Waals surface area contributed by atoms with Crippen LogP contribution in [0.3, 0.4) is 0 Å². The van der Waals surface area contributed by atoms with Gasteiger partial charge in [0.25, 0.3) is 0 Å². The molecule has 0 radical (unpaired) electrons. The summed E-state index contributed by atoms with van der Waals surface area (Å²) in [5.74, 6) is 3.73. The van der Waals surface area contributed by atoms with Gasteiger partial charge in [-0.15, -0.1) is 10.2 Å². The molecule has 6 nitrogen and oxygen atoms in total. The Kier molecular flexibility index (Phi) is 11.0. The van der Waals surface area contributed by atoms with E-state index in [0.717, 1.165) is 23.0 Å². The standard InChI is InChI=1S/C31H45O2.ClHO4/c1-28(2,3)22-18-24(32-26(20-22)30(7,8)9)16-14-13-15-17-25-19-23(29(4,5)6)21-27(33-25)31(10,11)12;2-1(3,4)5/h13-21H,1-12H3;(H,2,3,4,5)/q+1;/p-1. The Labute approximate surface area is 231 Å². The molecule has 0 atom stereocenters. The van der Waals surface area contributed by atoms with Crippen molar-refractivity contribution in [1.29, 1.82) is 0 Å². The summed E-state index contributed by atoms with van der Waals surface area (Å²) < 4.78 is 46.4. The summed E-state index contributed by atoms with van der Waals surface area (Å²) in [5, 5.41) is 0. The molecule has 1 aliphatic heterocycles. The number of rotatable bonds is 3. The van der Waals surface area contributed by atoms with Crippen molar-refractivity contribution in [2.75, 3.05) is 0 Å². The molecule has 2 heterocycles. The van der Waals surface area contributed by atoms with Crippen molar-refractivity contribution >= 4 is 6.08 Å². The highest BCUT2D eigenvalue weighted by Gasteiger charge is 2.30. The average molecular weight is 549 g/mol. The molecule has 7 heteroatoms. The second kappa shape index (κ2) is 12.3. The molecule has 0 spiro atoms. The number of allylic oxidation sites excluding steroid dienone is 8. The number of ether oxygens (including phenoxy) is 1. The summed E-state index contributed by atoms with van der Waals surface area (Å²) >= 11 is 0. The molecule has 0 aromatic carbocycles. The van der Waals surface area contributed by atoms with Crippen LogP contribution in [0.5, 0.6) is 0 Å². The van der Waals surface area contributed by atoms with Crippen LogP contribution in [-0.2, 0) is 15.6 Å². The van der Waals surface area contributed by atoms with Crippen LogP contribution in [0.4, 0.5) is 0 Å². The summed E-state index contributed by atoms with van der Waals surface area (Å²) in [7, 11) is -4.94. The van der Waals surface area contributed by atoms with Gasteiger partial charge in [0.1, 0.15) is 11.5 Å². The first-order chi connectivity index (χ1) is 16.9. The molecular weight excluding hydrogens is 504 g/mol. The Morgan fingerprint density at radius 1 is 0.684 bits per heavy atom. The highest BCUT2D eigenvalue weighted by molar-refractivity contribution is 5.48. The molecule has 0 fully saturated rings. The highest BCUT2D eigenvalue weighted by atomic mass is 35.7. The number of halogens is 1. The maximum absolute atomic E-state index is 8.49. The van der Waals surface area contributed by atoms with Crippen LogP contribution in [0.2, 0.25) is 0 Å². The average Bonchev–Trinajstić information content (AvgIpc) is 2.69. The molecule has 0 aliphatic carbocycles. The Bertz CT molecular complexity index is 1070. The van der Waals surface area contributed by atoms with E-state index in [1.165, 1.54) is 11.1 Å². The Morgan fingerprint density at radius 2 is 1.24 bits per heavy atom. The predicted octanol–water partition coefficient (Wildman–Crippen LogP) is 4.79. The molecule has 1 aliphatic rings. The molecule has 38 heavy (non-hydrogen) atoms. The molecular formula is C31H45ClO6. The number of hydrogen-bond donors (Lipinski definition) is 0. The van der Waals surface area contributed by atoms with Gasteiger partial charge in [-0.3, -0.25) is 0 Å². The second-order valence-corrected chi connectivity index (χ2v) is 14.3. The first-order valence-corrected chi connectivity index (χ1v) is 13.9. The Morgan fingerprint density at radius 3 is 1.68 bits per heavy atom. The first kappa shape index (κ1) is 33.8. The molecule has 1 aromatic rings. The minimum absolute atomic E-state index is 0.0438. The van der Waals surface area contributed by atoms with E-state index in [-0.39, 0.29) is 21.7 Å². The van der Waals surface area contributed by atoms with Crippen LogP contribution in [0.25, 0.3) is 6.08 Å². The quantitative estimate of drug-likeness (QED) is 0.396. The summed E-state index contributed by atoms with van der Waals surface area (Å²) in [6.45, 7) is 26.5. The van der Waals surface area contributed by atoms with E-state index in [2.05, 4.69) is 107 Å². The summed E-state index contributed by atoms with van der Waals surface area (Å²) in [6, 6.07) is 4.33. The van der Waals surface area contributed by atoms with Crippen molar-refractivity contribution in [3.8, 4) is 0 Å². The lowest BCUT2D eigenvalue weighted by atomic mass is 9.82. The van der Waals surface area contributed by atoms with Gasteiger partial charge in [0, 0.05) is 23.6 Å². The van der Waals surface area contributed by atoms with Gasteiger partial charge in [-0.05, 0) is 61.0 Å². The minimum atomic E-state index is -4.94. The van der Waals surface area contributed by atoms with Gasteiger partial charge in [0.2, 0.25) is 0 Å². The maximum Gasteiger partial charge on any atom is 0.353 e. The third-order valence-electron chi connectivity index (χ3n) is 5.58. The molecule has 212 valence electrons. The van der Waals surface area contributed by atoms with E-state index in [0.29, 0.717) is 0 Å². The van der Waals surface area contributed by atoms with Gasteiger partial charge in [0.05, 0.1) is 5.41 Å².